The van der Waals surface area contributed by atoms with Gasteiger partial charge in [0.25, 0.3) is 5.56 Å². The molecule has 1 amide bonds. The average molecular weight is 368 g/mol. The molecule has 5 nitrogen and oxygen atoms in total. The summed E-state index contributed by atoms with van der Waals surface area (Å²) < 4.78 is 0. The zero-order valence-electron chi connectivity index (χ0n) is 12.3. The summed E-state index contributed by atoms with van der Waals surface area (Å²) in [6, 6.07) is 5.37. The predicted octanol–water partition coefficient (Wildman–Crippen LogP) is 3.21. The van der Waals surface area contributed by atoms with Crippen molar-refractivity contribution in [3.8, 4) is 0 Å². The summed E-state index contributed by atoms with van der Waals surface area (Å²) in [5, 5.41) is 3.91. The van der Waals surface area contributed by atoms with E-state index < -0.39 is 0 Å². The lowest BCUT2D eigenvalue weighted by Crippen LogP contribution is -2.18. The summed E-state index contributed by atoms with van der Waals surface area (Å²) in [6.07, 6.45) is 0. The molecule has 3 rings (SSSR count). The van der Waals surface area contributed by atoms with Crippen LogP contribution in [0.4, 0.5) is 5.69 Å². The van der Waals surface area contributed by atoms with Crippen molar-refractivity contribution in [3.05, 3.63) is 50.4 Å². The fourth-order valence-electron chi connectivity index (χ4n) is 2.17. The Morgan fingerprint density at radius 2 is 2.30 bits per heavy atom. The normalized spacial score (nSPS) is 13.0. The first-order valence-electron chi connectivity index (χ1n) is 6.92. The number of nitrogens with one attached hydrogen (secondary N) is 2. The summed E-state index contributed by atoms with van der Waals surface area (Å²) in [4.78, 5) is 31.1. The number of rotatable bonds is 4. The third-order valence-corrected chi connectivity index (χ3v) is 5.70. The van der Waals surface area contributed by atoms with Gasteiger partial charge in [0.15, 0.2) is 5.16 Å². The maximum Gasteiger partial charge on any atom is 0.255 e. The van der Waals surface area contributed by atoms with Gasteiger partial charge in [-0.1, -0.05) is 29.4 Å². The van der Waals surface area contributed by atoms with E-state index in [4.69, 9.17) is 11.6 Å². The lowest BCUT2D eigenvalue weighted by Gasteiger charge is -2.09. The maximum atomic E-state index is 12.1. The maximum absolute atomic E-state index is 12.1. The standard InChI is InChI=1S/C15H14ClN3O2S2/c1-8-10(16)3-2-4-11(8)17-13(20)7-23-15-18-12-6-22-5-9(12)14(21)19-15/h2-4H,5-7H2,1H3,(H,17,20)(H,18,19,21). The number of amides is 1. The molecule has 1 aliphatic heterocycles. The number of carbonyl (C=O) groups excluding carboxylic acids is 1. The van der Waals surface area contributed by atoms with Gasteiger partial charge in [0.2, 0.25) is 5.91 Å². The van der Waals surface area contributed by atoms with Crippen LogP contribution in [0, 0.1) is 6.92 Å². The van der Waals surface area contributed by atoms with E-state index in [9.17, 15) is 9.59 Å². The smallest absolute Gasteiger partial charge is 0.255 e. The lowest BCUT2D eigenvalue weighted by atomic mass is 10.2. The number of H-pyrrole nitrogens is 1. The molecule has 0 bridgehead atoms. The SMILES string of the molecule is Cc1c(Cl)cccc1NC(=O)CSc1nc2c(c(=O)[nH]1)CSC2. The largest absolute Gasteiger partial charge is 0.325 e. The molecule has 1 aromatic heterocycles. The van der Waals surface area contributed by atoms with Gasteiger partial charge in [-0.2, -0.15) is 11.8 Å². The fraction of sp³-hybridized carbons (Fsp3) is 0.267. The quantitative estimate of drug-likeness (QED) is 0.641. The number of fused-ring (bicyclic) bond motifs is 1. The van der Waals surface area contributed by atoms with E-state index >= 15 is 0 Å². The van der Waals surface area contributed by atoms with E-state index in [-0.39, 0.29) is 17.2 Å². The van der Waals surface area contributed by atoms with E-state index in [2.05, 4.69) is 15.3 Å². The first-order valence-corrected chi connectivity index (χ1v) is 9.44. The van der Waals surface area contributed by atoms with E-state index in [1.54, 1.807) is 30.0 Å². The van der Waals surface area contributed by atoms with Crippen LogP contribution in [0.5, 0.6) is 0 Å². The van der Waals surface area contributed by atoms with Crippen molar-refractivity contribution in [3.63, 3.8) is 0 Å². The summed E-state index contributed by atoms with van der Waals surface area (Å²) in [5.74, 6) is 1.46. The van der Waals surface area contributed by atoms with E-state index in [0.717, 1.165) is 22.6 Å². The van der Waals surface area contributed by atoms with Crippen LogP contribution in [-0.2, 0) is 16.3 Å². The number of halogens is 1. The minimum atomic E-state index is -0.169. The van der Waals surface area contributed by atoms with Gasteiger partial charge in [-0.3, -0.25) is 9.59 Å². The highest BCUT2D eigenvalue weighted by Crippen LogP contribution is 2.27. The van der Waals surface area contributed by atoms with Gasteiger partial charge >= 0.3 is 0 Å². The molecule has 0 unspecified atom stereocenters. The van der Waals surface area contributed by atoms with Crippen LogP contribution < -0.4 is 10.9 Å². The van der Waals surface area contributed by atoms with Crippen LogP contribution in [0.3, 0.4) is 0 Å². The van der Waals surface area contributed by atoms with Crippen LogP contribution in [-0.4, -0.2) is 21.6 Å². The Balaban J connectivity index is 1.64. The second-order valence-corrected chi connectivity index (χ2v) is 7.40. The van der Waals surface area contributed by atoms with Gasteiger partial charge in [-0.25, -0.2) is 4.98 Å². The Bertz CT molecular complexity index is 823. The third kappa shape index (κ3) is 3.73. The molecule has 2 N–H and O–H groups in total. The van der Waals surface area contributed by atoms with Gasteiger partial charge in [0.1, 0.15) is 0 Å². The molecular weight excluding hydrogens is 354 g/mol. The molecule has 23 heavy (non-hydrogen) atoms. The highest BCUT2D eigenvalue weighted by Gasteiger charge is 2.18. The fourth-order valence-corrected chi connectivity index (χ4v) is 4.06. The minimum absolute atomic E-state index is 0.103. The third-order valence-electron chi connectivity index (χ3n) is 3.45. The van der Waals surface area contributed by atoms with Crippen LogP contribution in [0.2, 0.25) is 5.02 Å². The number of anilines is 1. The van der Waals surface area contributed by atoms with Crippen molar-refractivity contribution >= 4 is 46.7 Å². The zero-order valence-corrected chi connectivity index (χ0v) is 14.7. The topological polar surface area (TPSA) is 74.8 Å². The number of carbonyl (C=O) groups is 1. The molecule has 8 heteroatoms. The van der Waals surface area contributed by atoms with Gasteiger partial charge in [-0.05, 0) is 24.6 Å². The minimum Gasteiger partial charge on any atom is -0.325 e. The molecule has 0 saturated heterocycles. The van der Waals surface area contributed by atoms with Gasteiger partial charge < -0.3 is 10.3 Å². The molecule has 0 saturated carbocycles. The molecular formula is C15H14ClN3O2S2. The summed E-state index contributed by atoms with van der Waals surface area (Å²) in [6.45, 7) is 1.85. The summed E-state index contributed by atoms with van der Waals surface area (Å²) >= 11 is 8.92. The highest BCUT2D eigenvalue weighted by atomic mass is 35.5. The van der Waals surface area contributed by atoms with Crippen molar-refractivity contribution in [1.82, 2.24) is 9.97 Å². The van der Waals surface area contributed by atoms with Crippen molar-refractivity contribution in [1.29, 1.82) is 0 Å². The Morgan fingerprint density at radius 1 is 1.48 bits per heavy atom. The van der Waals surface area contributed by atoms with Crippen molar-refractivity contribution in [2.45, 2.75) is 23.6 Å². The monoisotopic (exact) mass is 367 g/mol. The van der Waals surface area contributed by atoms with E-state index in [0.29, 0.717) is 21.6 Å². The van der Waals surface area contributed by atoms with Gasteiger partial charge in [-0.15, -0.1) is 0 Å². The van der Waals surface area contributed by atoms with E-state index in [1.807, 2.05) is 6.92 Å². The molecule has 120 valence electrons. The van der Waals surface area contributed by atoms with Crippen molar-refractivity contribution in [2.24, 2.45) is 0 Å². The zero-order chi connectivity index (χ0) is 16.4. The van der Waals surface area contributed by atoms with Gasteiger partial charge in [0, 0.05) is 27.8 Å². The highest BCUT2D eigenvalue weighted by molar-refractivity contribution is 7.99. The van der Waals surface area contributed by atoms with Crippen molar-refractivity contribution < 1.29 is 4.79 Å². The number of aromatic amines is 1. The lowest BCUT2D eigenvalue weighted by molar-refractivity contribution is -0.113. The Morgan fingerprint density at radius 3 is 3.13 bits per heavy atom. The molecule has 1 aromatic carbocycles. The molecule has 1 aliphatic rings. The number of hydrogen-bond acceptors (Lipinski definition) is 5. The summed E-state index contributed by atoms with van der Waals surface area (Å²) in [7, 11) is 0. The van der Waals surface area contributed by atoms with Gasteiger partial charge in [0.05, 0.1) is 11.4 Å². The molecule has 0 atom stereocenters. The van der Waals surface area contributed by atoms with E-state index in [1.165, 1.54) is 11.8 Å². The Hall–Kier alpha value is -1.44. The Labute approximate surface area is 146 Å². The van der Waals surface area contributed by atoms with Crippen LogP contribution in [0.15, 0.2) is 28.2 Å². The van der Waals surface area contributed by atoms with Crippen molar-refractivity contribution in [2.75, 3.05) is 11.1 Å². The number of thioether (sulfide) groups is 2. The number of benzene rings is 1. The first-order chi connectivity index (χ1) is 11.0. The molecule has 0 aliphatic carbocycles. The second-order valence-electron chi connectivity index (χ2n) is 5.04. The molecule has 0 spiro atoms. The second kappa shape index (κ2) is 6.98. The summed E-state index contributed by atoms with van der Waals surface area (Å²) in [5.41, 5.74) is 2.99. The van der Waals surface area contributed by atoms with Crippen LogP contribution in [0.1, 0.15) is 16.8 Å². The van der Waals surface area contributed by atoms with Crippen LogP contribution >= 0.6 is 35.1 Å². The molecule has 2 aromatic rings. The number of aromatic nitrogens is 2. The average Bonchev–Trinajstić information content (AvgIpc) is 2.99. The Kier molecular flexibility index (Phi) is 4.99. The molecule has 0 radical (unpaired) electrons. The number of nitrogens with zero attached hydrogens (tertiary/aromatic N) is 1. The first kappa shape index (κ1) is 16.4. The molecule has 0 fully saturated rings. The van der Waals surface area contributed by atoms with Crippen LogP contribution in [0.25, 0.3) is 0 Å². The predicted molar refractivity (Wildman–Crippen MR) is 95.4 cm³/mol. The molecule has 2 heterocycles. The number of hydrogen-bond donors (Lipinski definition) is 2.